The first kappa shape index (κ1) is 18.0. The molecule has 2 aromatic carbocycles. The molecule has 0 N–H and O–H groups in total. The van der Waals surface area contributed by atoms with Crippen LogP contribution in [0.5, 0.6) is 0 Å². The van der Waals surface area contributed by atoms with Crippen LogP contribution in [0.4, 0.5) is 0 Å². The first-order valence-electron chi connectivity index (χ1n) is 9.50. The van der Waals surface area contributed by atoms with Gasteiger partial charge in [-0.2, -0.15) is 0 Å². The van der Waals surface area contributed by atoms with Gasteiger partial charge in [0.05, 0.1) is 17.3 Å². The number of nitrogens with zero attached hydrogens (tertiary/aromatic N) is 3. The van der Waals surface area contributed by atoms with Gasteiger partial charge >= 0.3 is 0 Å². The van der Waals surface area contributed by atoms with Crippen molar-refractivity contribution in [3.8, 4) is 11.4 Å². The minimum absolute atomic E-state index is 0.0322. The Hall–Kier alpha value is -3.02. The van der Waals surface area contributed by atoms with Crippen LogP contribution in [0.1, 0.15) is 16.8 Å². The first-order chi connectivity index (χ1) is 14.2. The largest absolute Gasteiger partial charge is 0.464 e. The van der Waals surface area contributed by atoms with Crippen LogP contribution < -0.4 is 5.43 Å². The molecule has 5 rings (SSSR count). The minimum atomic E-state index is -0.0322. The summed E-state index contributed by atoms with van der Waals surface area (Å²) < 4.78 is 5.64. The molecule has 0 atom stereocenters. The quantitative estimate of drug-likeness (QED) is 0.505. The molecule has 1 aliphatic rings. The topological polar surface area (TPSA) is 59.2 Å². The van der Waals surface area contributed by atoms with Crippen molar-refractivity contribution in [1.82, 2.24) is 14.9 Å². The second-order valence-corrected chi connectivity index (χ2v) is 7.66. The third-order valence-corrected chi connectivity index (χ3v) is 5.48. The molecule has 0 fully saturated rings. The van der Waals surface area contributed by atoms with Gasteiger partial charge < -0.3 is 4.42 Å². The van der Waals surface area contributed by atoms with E-state index in [0.717, 1.165) is 35.6 Å². The Morgan fingerprint density at radius 3 is 2.86 bits per heavy atom. The van der Waals surface area contributed by atoms with E-state index in [4.69, 9.17) is 21.0 Å². The summed E-state index contributed by atoms with van der Waals surface area (Å²) in [7, 11) is 0. The fourth-order valence-electron chi connectivity index (χ4n) is 3.73. The summed E-state index contributed by atoms with van der Waals surface area (Å²) in [6, 6.07) is 15.1. The molecule has 0 spiro atoms. The second kappa shape index (κ2) is 7.43. The highest BCUT2D eigenvalue weighted by molar-refractivity contribution is 6.31. The molecule has 144 valence electrons. The van der Waals surface area contributed by atoms with E-state index in [-0.39, 0.29) is 5.43 Å². The van der Waals surface area contributed by atoms with Gasteiger partial charge in [0.15, 0.2) is 11.3 Å². The van der Waals surface area contributed by atoms with Crippen LogP contribution in [-0.2, 0) is 19.5 Å². The second-order valence-electron chi connectivity index (χ2n) is 7.22. The molecule has 1 aliphatic heterocycles. The molecule has 0 saturated heterocycles. The number of fused-ring (bicyclic) bond motifs is 2. The molecule has 2 aromatic heterocycles. The molecule has 0 unspecified atom stereocenters. The van der Waals surface area contributed by atoms with Gasteiger partial charge in [0.2, 0.25) is 0 Å². The van der Waals surface area contributed by atoms with Crippen LogP contribution in [0, 0.1) is 0 Å². The summed E-state index contributed by atoms with van der Waals surface area (Å²) in [6.45, 7) is 2.05. The van der Waals surface area contributed by atoms with Crippen molar-refractivity contribution in [1.29, 1.82) is 0 Å². The Morgan fingerprint density at radius 2 is 2.00 bits per heavy atom. The number of halogens is 1. The van der Waals surface area contributed by atoms with Crippen molar-refractivity contribution in [2.75, 3.05) is 6.54 Å². The smallest absolute Gasteiger partial charge is 0.197 e. The summed E-state index contributed by atoms with van der Waals surface area (Å²) in [5.41, 5.74) is 4.34. The number of hydrogen-bond acceptors (Lipinski definition) is 5. The summed E-state index contributed by atoms with van der Waals surface area (Å²) in [4.78, 5) is 24.3. The normalized spacial score (nSPS) is 14.1. The average molecular weight is 404 g/mol. The molecule has 0 aliphatic carbocycles. The summed E-state index contributed by atoms with van der Waals surface area (Å²) in [6.07, 6.45) is 4.28. The average Bonchev–Trinajstić information content (AvgIpc) is 2.76. The van der Waals surface area contributed by atoms with Gasteiger partial charge in [0, 0.05) is 54.0 Å². The van der Waals surface area contributed by atoms with Crippen LogP contribution in [0.15, 0.2) is 70.2 Å². The Kier molecular flexibility index (Phi) is 4.62. The molecule has 0 amide bonds. The molecule has 29 heavy (non-hydrogen) atoms. The molecule has 4 aromatic rings. The zero-order valence-corrected chi connectivity index (χ0v) is 16.4. The lowest BCUT2D eigenvalue weighted by atomic mass is 10.1. The van der Waals surface area contributed by atoms with Gasteiger partial charge in [0.1, 0.15) is 5.58 Å². The molecule has 0 radical (unpaired) electrons. The lowest BCUT2D eigenvalue weighted by Gasteiger charge is -2.27. The zero-order valence-electron chi connectivity index (χ0n) is 15.6. The molecule has 3 heterocycles. The molecular formula is C23H18ClN3O2. The van der Waals surface area contributed by atoms with Crippen molar-refractivity contribution in [3.05, 3.63) is 93.1 Å². The predicted octanol–water partition coefficient (Wildman–Crippen LogP) is 4.46. The van der Waals surface area contributed by atoms with Crippen molar-refractivity contribution >= 4 is 22.6 Å². The van der Waals surface area contributed by atoms with E-state index in [0.29, 0.717) is 34.6 Å². The van der Waals surface area contributed by atoms with E-state index < -0.39 is 0 Å². The van der Waals surface area contributed by atoms with Gasteiger partial charge in [0.25, 0.3) is 0 Å². The maximum atomic E-state index is 12.8. The van der Waals surface area contributed by atoms with E-state index in [1.807, 2.05) is 36.5 Å². The van der Waals surface area contributed by atoms with Crippen LogP contribution in [0.3, 0.4) is 0 Å². The molecule has 6 heteroatoms. The summed E-state index contributed by atoms with van der Waals surface area (Å²) in [5, 5.41) is 1.04. The molecule has 5 nitrogen and oxygen atoms in total. The third-order valence-electron chi connectivity index (χ3n) is 5.24. The highest BCUT2D eigenvalue weighted by Crippen LogP contribution is 2.22. The van der Waals surface area contributed by atoms with Crippen LogP contribution in [0.2, 0.25) is 5.02 Å². The lowest BCUT2D eigenvalue weighted by molar-refractivity contribution is 0.240. The lowest BCUT2D eigenvalue weighted by Crippen LogP contribution is -2.32. The van der Waals surface area contributed by atoms with Gasteiger partial charge in [-0.05, 0) is 18.2 Å². The fraction of sp³-hybridized carbons (Fsp3) is 0.174. The third kappa shape index (κ3) is 3.55. The molecule has 0 bridgehead atoms. The highest BCUT2D eigenvalue weighted by atomic mass is 35.5. The van der Waals surface area contributed by atoms with Crippen LogP contribution in [0.25, 0.3) is 22.4 Å². The van der Waals surface area contributed by atoms with E-state index >= 15 is 0 Å². The van der Waals surface area contributed by atoms with Crippen molar-refractivity contribution < 1.29 is 4.42 Å². The Bertz CT molecular complexity index is 1250. The summed E-state index contributed by atoms with van der Waals surface area (Å²) >= 11 is 6.04. The number of rotatable bonds is 3. The molecule has 0 saturated carbocycles. The van der Waals surface area contributed by atoms with Crippen LogP contribution >= 0.6 is 11.6 Å². The SMILES string of the molecule is O=c1c(CN2CCc3nc(-c4ccccc4)ncc3C2)coc2ccc(Cl)cc12. The number of benzene rings is 2. The van der Waals surface area contributed by atoms with Gasteiger partial charge in [-0.25, -0.2) is 9.97 Å². The Morgan fingerprint density at radius 1 is 1.14 bits per heavy atom. The monoisotopic (exact) mass is 403 g/mol. The Labute approximate surface area is 172 Å². The minimum Gasteiger partial charge on any atom is -0.464 e. The standard InChI is InChI=1S/C23H18ClN3O2/c24-18-6-7-21-19(10-18)22(28)17(14-29-21)13-27-9-8-20-16(12-27)11-25-23(26-20)15-4-2-1-3-5-15/h1-7,10-11,14H,8-9,12-13H2. The van der Waals surface area contributed by atoms with Gasteiger partial charge in [-0.3, -0.25) is 9.69 Å². The van der Waals surface area contributed by atoms with E-state index in [2.05, 4.69) is 9.88 Å². The van der Waals surface area contributed by atoms with Crippen LogP contribution in [-0.4, -0.2) is 21.4 Å². The van der Waals surface area contributed by atoms with Crippen molar-refractivity contribution in [3.63, 3.8) is 0 Å². The van der Waals surface area contributed by atoms with Crippen molar-refractivity contribution in [2.24, 2.45) is 0 Å². The number of aromatic nitrogens is 2. The van der Waals surface area contributed by atoms with Crippen molar-refractivity contribution in [2.45, 2.75) is 19.5 Å². The molecular weight excluding hydrogens is 386 g/mol. The maximum absolute atomic E-state index is 12.8. The number of hydrogen-bond donors (Lipinski definition) is 0. The van der Waals surface area contributed by atoms with E-state index in [9.17, 15) is 4.79 Å². The van der Waals surface area contributed by atoms with E-state index in [1.54, 1.807) is 24.5 Å². The van der Waals surface area contributed by atoms with E-state index in [1.165, 1.54) is 0 Å². The highest BCUT2D eigenvalue weighted by Gasteiger charge is 2.20. The Balaban J connectivity index is 1.38. The predicted molar refractivity (Wildman–Crippen MR) is 113 cm³/mol. The zero-order chi connectivity index (χ0) is 19.8. The van der Waals surface area contributed by atoms with Gasteiger partial charge in [-0.15, -0.1) is 0 Å². The summed E-state index contributed by atoms with van der Waals surface area (Å²) in [5.74, 6) is 0.754. The maximum Gasteiger partial charge on any atom is 0.197 e. The fourth-order valence-corrected chi connectivity index (χ4v) is 3.90. The first-order valence-corrected chi connectivity index (χ1v) is 9.88. The van der Waals surface area contributed by atoms with Gasteiger partial charge in [-0.1, -0.05) is 41.9 Å².